The van der Waals surface area contributed by atoms with Crippen molar-refractivity contribution in [1.82, 2.24) is 25.1 Å². The second-order valence-electron chi connectivity index (χ2n) is 3.45. The van der Waals surface area contributed by atoms with Gasteiger partial charge in [0.25, 0.3) is 0 Å². The third-order valence-corrected chi connectivity index (χ3v) is 2.86. The molecule has 0 spiro atoms. The van der Waals surface area contributed by atoms with E-state index in [9.17, 15) is 0 Å². The summed E-state index contributed by atoms with van der Waals surface area (Å²) < 4.78 is 0. The Bertz CT molecular complexity index is 717. The van der Waals surface area contributed by atoms with Gasteiger partial charge in [-0.3, -0.25) is 4.98 Å². The summed E-state index contributed by atoms with van der Waals surface area (Å²) in [4.78, 5) is 12.7. The van der Waals surface area contributed by atoms with Crippen LogP contribution < -0.4 is 0 Å². The minimum absolute atomic E-state index is 0.189. The number of pyridine rings is 1. The molecule has 3 rings (SSSR count). The third-order valence-electron chi connectivity index (χ3n) is 2.33. The molecule has 0 aliphatic heterocycles. The van der Waals surface area contributed by atoms with E-state index in [4.69, 9.17) is 23.2 Å². The molecule has 3 aromatic rings. The largest absolute Gasteiger partial charge is 0.253 e. The quantitative estimate of drug-likeness (QED) is 0.684. The first-order valence-electron chi connectivity index (χ1n) is 5.01. The molecule has 3 heterocycles. The van der Waals surface area contributed by atoms with Crippen molar-refractivity contribution in [2.45, 2.75) is 0 Å². The molecule has 3 aromatic heterocycles. The average Bonchev–Trinajstić information content (AvgIpc) is 2.44. The van der Waals surface area contributed by atoms with Gasteiger partial charge in [-0.05, 0) is 12.1 Å². The summed E-state index contributed by atoms with van der Waals surface area (Å²) in [7, 11) is 0. The Hall–Kier alpha value is -1.85. The van der Waals surface area contributed by atoms with Gasteiger partial charge < -0.3 is 0 Å². The number of hydrogen-bond acceptors (Lipinski definition) is 5. The zero-order valence-electron chi connectivity index (χ0n) is 8.88. The van der Waals surface area contributed by atoms with Gasteiger partial charge in [0, 0.05) is 12.4 Å². The van der Waals surface area contributed by atoms with E-state index in [1.165, 1.54) is 0 Å². The van der Waals surface area contributed by atoms with Crippen LogP contribution in [0.3, 0.4) is 0 Å². The zero-order chi connectivity index (χ0) is 12.5. The first-order valence-corrected chi connectivity index (χ1v) is 5.77. The van der Waals surface area contributed by atoms with Gasteiger partial charge in [-0.25, -0.2) is 9.97 Å². The number of rotatable bonds is 1. The molecule has 0 saturated heterocycles. The summed E-state index contributed by atoms with van der Waals surface area (Å²) in [6.07, 6.45) is 3.23. The van der Waals surface area contributed by atoms with Crippen LogP contribution in [-0.4, -0.2) is 25.1 Å². The van der Waals surface area contributed by atoms with E-state index in [0.717, 1.165) is 0 Å². The molecule has 0 radical (unpaired) electrons. The van der Waals surface area contributed by atoms with Crippen LogP contribution in [0.15, 0.2) is 30.6 Å². The molecule has 0 fully saturated rings. The van der Waals surface area contributed by atoms with Crippen LogP contribution in [0.2, 0.25) is 10.3 Å². The van der Waals surface area contributed by atoms with Crippen molar-refractivity contribution in [3.63, 3.8) is 0 Å². The Morgan fingerprint density at radius 3 is 2.56 bits per heavy atom. The van der Waals surface area contributed by atoms with Gasteiger partial charge in [0.15, 0.2) is 16.1 Å². The van der Waals surface area contributed by atoms with Gasteiger partial charge in [0.05, 0.1) is 5.39 Å². The SMILES string of the molecule is Clc1nnc(Cl)c2nc(-c3ccccn3)ncc12. The topological polar surface area (TPSA) is 64.5 Å². The van der Waals surface area contributed by atoms with Crippen LogP contribution in [0, 0.1) is 0 Å². The number of hydrogen-bond donors (Lipinski definition) is 0. The van der Waals surface area contributed by atoms with Crippen LogP contribution in [0.1, 0.15) is 0 Å². The average molecular weight is 278 g/mol. The monoisotopic (exact) mass is 277 g/mol. The zero-order valence-corrected chi connectivity index (χ0v) is 10.4. The minimum atomic E-state index is 0.189. The number of aromatic nitrogens is 5. The summed E-state index contributed by atoms with van der Waals surface area (Å²) >= 11 is 11.8. The second kappa shape index (κ2) is 4.44. The maximum Gasteiger partial charge on any atom is 0.178 e. The fraction of sp³-hybridized carbons (Fsp3) is 0. The Labute approximate surface area is 112 Å². The standard InChI is InChI=1S/C11H5Cl2N5/c12-9-6-5-15-11(7-3-1-2-4-14-7)16-8(6)10(13)18-17-9/h1-5H. The van der Waals surface area contributed by atoms with Gasteiger partial charge in [-0.15, -0.1) is 10.2 Å². The van der Waals surface area contributed by atoms with Crippen LogP contribution in [0.5, 0.6) is 0 Å². The first-order chi connectivity index (χ1) is 8.75. The summed E-state index contributed by atoms with van der Waals surface area (Å²) in [6.45, 7) is 0. The molecule has 7 heteroatoms. The molecular weight excluding hydrogens is 273 g/mol. The van der Waals surface area contributed by atoms with Crippen molar-refractivity contribution in [2.75, 3.05) is 0 Å². The summed E-state index contributed by atoms with van der Waals surface area (Å²) in [5, 5.41) is 8.39. The third kappa shape index (κ3) is 1.87. The van der Waals surface area contributed by atoms with E-state index in [0.29, 0.717) is 22.4 Å². The molecule has 0 aliphatic carbocycles. The van der Waals surface area contributed by atoms with Gasteiger partial charge in [-0.1, -0.05) is 29.3 Å². The first kappa shape index (κ1) is 11.3. The summed E-state index contributed by atoms with van der Waals surface area (Å²) in [6, 6.07) is 5.49. The fourth-order valence-corrected chi connectivity index (χ4v) is 1.86. The van der Waals surface area contributed by atoms with Crippen molar-refractivity contribution in [1.29, 1.82) is 0 Å². The predicted octanol–water partition coefficient (Wildman–Crippen LogP) is 2.79. The minimum Gasteiger partial charge on any atom is -0.253 e. The Morgan fingerprint density at radius 1 is 0.944 bits per heavy atom. The maximum atomic E-state index is 5.95. The van der Waals surface area contributed by atoms with Crippen molar-refractivity contribution in [3.05, 3.63) is 40.9 Å². The highest BCUT2D eigenvalue weighted by molar-refractivity contribution is 6.37. The lowest BCUT2D eigenvalue weighted by atomic mass is 10.3. The normalized spacial score (nSPS) is 10.8. The molecule has 0 aliphatic rings. The number of nitrogens with zero attached hydrogens (tertiary/aromatic N) is 5. The Balaban J connectivity index is 2.26. The summed E-state index contributed by atoms with van der Waals surface area (Å²) in [5.41, 5.74) is 1.12. The van der Waals surface area contributed by atoms with Gasteiger partial charge in [0.1, 0.15) is 11.2 Å². The Morgan fingerprint density at radius 2 is 1.78 bits per heavy atom. The molecule has 88 valence electrons. The van der Waals surface area contributed by atoms with Gasteiger partial charge in [0.2, 0.25) is 0 Å². The lowest BCUT2D eigenvalue weighted by Crippen LogP contribution is -1.95. The van der Waals surface area contributed by atoms with E-state index in [2.05, 4.69) is 25.1 Å². The lowest BCUT2D eigenvalue weighted by Gasteiger charge is -2.02. The predicted molar refractivity (Wildman–Crippen MR) is 68.4 cm³/mol. The highest BCUT2D eigenvalue weighted by Gasteiger charge is 2.11. The number of fused-ring (bicyclic) bond motifs is 1. The van der Waals surface area contributed by atoms with Crippen LogP contribution in [0.25, 0.3) is 22.4 Å². The van der Waals surface area contributed by atoms with E-state index >= 15 is 0 Å². The molecule has 0 amide bonds. The van der Waals surface area contributed by atoms with E-state index in [1.807, 2.05) is 18.2 Å². The fourth-order valence-electron chi connectivity index (χ4n) is 1.50. The van der Waals surface area contributed by atoms with Gasteiger partial charge >= 0.3 is 0 Å². The van der Waals surface area contributed by atoms with Gasteiger partial charge in [-0.2, -0.15) is 0 Å². The molecule has 0 saturated carbocycles. The van der Waals surface area contributed by atoms with Crippen molar-refractivity contribution in [3.8, 4) is 11.5 Å². The van der Waals surface area contributed by atoms with Crippen molar-refractivity contribution < 1.29 is 0 Å². The molecule has 0 N–H and O–H groups in total. The second-order valence-corrected chi connectivity index (χ2v) is 4.17. The highest BCUT2D eigenvalue weighted by atomic mass is 35.5. The van der Waals surface area contributed by atoms with Crippen LogP contribution in [0.4, 0.5) is 0 Å². The van der Waals surface area contributed by atoms with Crippen molar-refractivity contribution in [2.24, 2.45) is 0 Å². The smallest absolute Gasteiger partial charge is 0.178 e. The molecule has 0 unspecified atom stereocenters. The molecule has 0 bridgehead atoms. The van der Waals surface area contributed by atoms with E-state index in [-0.39, 0.29) is 10.3 Å². The van der Waals surface area contributed by atoms with Crippen LogP contribution in [-0.2, 0) is 0 Å². The molecule has 0 atom stereocenters. The van der Waals surface area contributed by atoms with Crippen LogP contribution >= 0.6 is 23.2 Å². The Kier molecular flexibility index (Phi) is 2.77. The van der Waals surface area contributed by atoms with Crippen molar-refractivity contribution >= 4 is 34.1 Å². The van der Waals surface area contributed by atoms with E-state index < -0.39 is 0 Å². The molecule has 0 aromatic carbocycles. The molecule has 18 heavy (non-hydrogen) atoms. The molecular formula is C11H5Cl2N5. The number of halogens is 2. The summed E-state index contributed by atoms with van der Waals surface area (Å²) in [5.74, 6) is 0.467. The highest BCUT2D eigenvalue weighted by Crippen LogP contribution is 2.25. The maximum absolute atomic E-state index is 5.95. The molecule has 5 nitrogen and oxygen atoms in total. The van der Waals surface area contributed by atoms with E-state index in [1.54, 1.807) is 12.4 Å². The lowest BCUT2D eigenvalue weighted by molar-refractivity contribution is 1.04.